The van der Waals surface area contributed by atoms with E-state index in [1.807, 2.05) is 21.6 Å². The van der Waals surface area contributed by atoms with Crippen molar-refractivity contribution in [2.24, 2.45) is 5.92 Å². The Morgan fingerprint density at radius 2 is 1.86 bits per heavy atom. The Morgan fingerprint density at radius 3 is 2.52 bits per heavy atom. The number of thioether (sulfide) groups is 1. The fraction of sp³-hybridized carbons (Fsp3) is 0.875. The predicted molar refractivity (Wildman–Crippen MR) is 85.1 cm³/mol. The second-order valence-electron chi connectivity index (χ2n) is 6.90. The molecule has 0 spiro atoms. The number of carbonyl (C=O) groups is 2. The average Bonchev–Trinajstić information content (AvgIpc) is 3.09. The van der Waals surface area contributed by atoms with Crippen LogP contribution in [0, 0.1) is 5.92 Å². The first kappa shape index (κ1) is 15.2. The molecule has 2 amide bonds. The summed E-state index contributed by atoms with van der Waals surface area (Å²) >= 11 is 1.86. The third kappa shape index (κ3) is 2.37. The average molecular weight is 310 g/mol. The van der Waals surface area contributed by atoms with E-state index in [0.717, 1.165) is 25.8 Å². The third-order valence-electron chi connectivity index (χ3n) is 5.34. The molecule has 118 valence electrons. The summed E-state index contributed by atoms with van der Waals surface area (Å²) in [7, 11) is 0. The summed E-state index contributed by atoms with van der Waals surface area (Å²) in [4.78, 5) is 29.8. The van der Waals surface area contributed by atoms with E-state index in [1.165, 1.54) is 12.8 Å². The zero-order valence-electron chi connectivity index (χ0n) is 13.2. The van der Waals surface area contributed by atoms with Crippen LogP contribution in [-0.2, 0) is 9.59 Å². The van der Waals surface area contributed by atoms with Gasteiger partial charge in [0.2, 0.25) is 11.8 Å². The maximum absolute atomic E-state index is 13.0. The lowest BCUT2D eigenvalue weighted by Crippen LogP contribution is -2.67. The lowest BCUT2D eigenvalue weighted by atomic mass is 9.93. The highest BCUT2D eigenvalue weighted by atomic mass is 32.2. The standard InChI is InChI=1S/C16H26N2O2S/c1-10(2)14-16(20)17-9-5-7-12(17)15(19)18(14)11-6-4-8-13(11)21-3/h10-14H,4-9H2,1-3H3. The lowest BCUT2D eigenvalue weighted by Gasteiger charge is -2.47. The van der Waals surface area contributed by atoms with Crippen molar-refractivity contribution in [2.75, 3.05) is 12.8 Å². The van der Waals surface area contributed by atoms with Crippen LogP contribution in [0.15, 0.2) is 0 Å². The van der Waals surface area contributed by atoms with Crippen LogP contribution >= 0.6 is 11.8 Å². The van der Waals surface area contributed by atoms with Gasteiger partial charge < -0.3 is 9.80 Å². The molecule has 2 heterocycles. The van der Waals surface area contributed by atoms with E-state index >= 15 is 0 Å². The molecule has 21 heavy (non-hydrogen) atoms. The van der Waals surface area contributed by atoms with Gasteiger partial charge in [-0.25, -0.2) is 0 Å². The molecule has 1 aliphatic carbocycles. The molecule has 5 heteroatoms. The zero-order valence-corrected chi connectivity index (χ0v) is 14.1. The summed E-state index contributed by atoms with van der Waals surface area (Å²) in [5, 5.41) is 0.496. The van der Waals surface area contributed by atoms with E-state index in [2.05, 4.69) is 20.1 Å². The summed E-state index contributed by atoms with van der Waals surface area (Å²) in [6, 6.07) is -0.160. The second kappa shape index (κ2) is 5.82. The van der Waals surface area contributed by atoms with E-state index in [0.29, 0.717) is 5.25 Å². The molecule has 3 fully saturated rings. The number of carbonyl (C=O) groups excluding carboxylic acids is 2. The van der Waals surface area contributed by atoms with Crippen molar-refractivity contribution in [1.82, 2.24) is 9.80 Å². The maximum atomic E-state index is 13.0. The second-order valence-corrected chi connectivity index (χ2v) is 7.97. The van der Waals surface area contributed by atoms with Gasteiger partial charge in [-0.3, -0.25) is 9.59 Å². The summed E-state index contributed by atoms with van der Waals surface area (Å²) in [5.74, 6) is 0.599. The summed E-state index contributed by atoms with van der Waals surface area (Å²) in [6.07, 6.45) is 7.35. The van der Waals surface area contributed by atoms with E-state index < -0.39 is 0 Å². The van der Waals surface area contributed by atoms with Crippen LogP contribution in [0.3, 0.4) is 0 Å². The van der Waals surface area contributed by atoms with Gasteiger partial charge in [0, 0.05) is 17.8 Å². The Hall–Kier alpha value is -0.710. The van der Waals surface area contributed by atoms with Gasteiger partial charge in [0.25, 0.3) is 0 Å². The molecule has 0 bridgehead atoms. The van der Waals surface area contributed by atoms with E-state index in [4.69, 9.17) is 0 Å². The van der Waals surface area contributed by atoms with E-state index in [9.17, 15) is 9.59 Å². The van der Waals surface area contributed by atoms with Crippen LogP contribution in [-0.4, -0.2) is 57.8 Å². The Labute approximate surface area is 131 Å². The highest BCUT2D eigenvalue weighted by Crippen LogP contribution is 2.38. The van der Waals surface area contributed by atoms with Gasteiger partial charge in [-0.05, 0) is 37.9 Å². The molecule has 0 radical (unpaired) electrons. The Balaban J connectivity index is 1.94. The number of hydrogen-bond donors (Lipinski definition) is 0. The molecule has 3 aliphatic rings. The zero-order chi connectivity index (χ0) is 15.1. The largest absolute Gasteiger partial charge is 0.329 e. The van der Waals surface area contributed by atoms with Gasteiger partial charge >= 0.3 is 0 Å². The Kier molecular flexibility index (Phi) is 4.21. The van der Waals surface area contributed by atoms with Gasteiger partial charge in [-0.15, -0.1) is 0 Å². The number of rotatable bonds is 3. The van der Waals surface area contributed by atoms with Crippen LogP contribution in [0.25, 0.3) is 0 Å². The lowest BCUT2D eigenvalue weighted by molar-refractivity contribution is -0.164. The summed E-state index contributed by atoms with van der Waals surface area (Å²) in [5.41, 5.74) is 0. The topological polar surface area (TPSA) is 40.6 Å². The van der Waals surface area contributed by atoms with Gasteiger partial charge in [-0.1, -0.05) is 20.3 Å². The fourth-order valence-electron chi connectivity index (χ4n) is 4.36. The van der Waals surface area contributed by atoms with E-state index in [-0.39, 0.29) is 35.9 Å². The van der Waals surface area contributed by atoms with Crippen molar-refractivity contribution in [2.45, 2.75) is 69.3 Å². The number of fused-ring (bicyclic) bond motifs is 1. The normalized spacial score (nSPS) is 36.8. The number of amides is 2. The van der Waals surface area contributed by atoms with Crippen molar-refractivity contribution >= 4 is 23.6 Å². The van der Waals surface area contributed by atoms with Gasteiger partial charge in [-0.2, -0.15) is 11.8 Å². The van der Waals surface area contributed by atoms with E-state index in [1.54, 1.807) is 0 Å². The first-order chi connectivity index (χ1) is 10.1. The minimum atomic E-state index is -0.246. The minimum absolute atomic E-state index is 0.171. The predicted octanol–water partition coefficient (Wildman–Crippen LogP) is 2.13. The number of nitrogens with zero attached hydrogens (tertiary/aromatic N) is 2. The molecular formula is C16H26N2O2S. The van der Waals surface area contributed by atoms with Crippen molar-refractivity contribution in [3.05, 3.63) is 0 Å². The summed E-state index contributed by atoms with van der Waals surface area (Å²) in [6.45, 7) is 4.91. The Bertz CT molecular complexity index is 440. The summed E-state index contributed by atoms with van der Waals surface area (Å²) < 4.78 is 0. The molecule has 0 aromatic heterocycles. The van der Waals surface area contributed by atoms with Gasteiger partial charge in [0.05, 0.1) is 0 Å². The monoisotopic (exact) mass is 310 g/mol. The molecule has 4 nitrogen and oxygen atoms in total. The first-order valence-electron chi connectivity index (χ1n) is 8.21. The molecule has 0 aromatic rings. The van der Waals surface area contributed by atoms with Crippen LogP contribution in [0.4, 0.5) is 0 Å². The highest BCUT2D eigenvalue weighted by Gasteiger charge is 2.52. The number of piperazine rings is 1. The SMILES string of the molecule is CSC1CCCC1N1C(=O)C2CCCN2C(=O)C1C(C)C. The van der Waals surface area contributed by atoms with Gasteiger partial charge in [0.15, 0.2) is 0 Å². The van der Waals surface area contributed by atoms with Gasteiger partial charge in [0.1, 0.15) is 12.1 Å². The smallest absolute Gasteiger partial charge is 0.246 e. The van der Waals surface area contributed by atoms with Crippen LogP contribution in [0.5, 0.6) is 0 Å². The third-order valence-corrected chi connectivity index (χ3v) is 6.49. The molecule has 4 atom stereocenters. The first-order valence-corrected chi connectivity index (χ1v) is 9.50. The van der Waals surface area contributed by atoms with Crippen molar-refractivity contribution in [3.8, 4) is 0 Å². The number of hydrogen-bond acceptors (Lipinski definition) is 3. The molecule has 4 unspecified atom stereocenters. The fourth-order valence-corrected chi connectivity index (χ4v) is 5.34. The highest BCUT2D eigenvalue weighted by molar-refractivity contribution is 7.99. The minimum Gasteiger partial charge on any atom is -0.329 e. The molecule has 0 N–H and O–H groups in total. The van der Waals surface area contributed by atoms with Crippen molar-refractivity contribution < 1.29 is 9.59 Å². The van der Waals surface area contributed by atoms with Crippen LogP contribution < -0.4 is 0 Å². The van der Waals surface area contributed by atoms with Crippen LogP contribution in [0.1, 0.15) is 46.0 Å². The molecule has 1 saturated carbocycles. The van der Waals surface area contributed by atoms with Crippen molar-refractivity contribution in [1.29, 1.82) is 0 Å². The maximum Gasteiger partial charge on any atom is 0.246 e. The quantitative estimate of drug-likeness (QED) is 0.802. The molecule has 3 rings (SSSR count). The Morgan fingerprint density at radius 1 is 1.10 bits per heavy atom. The van der Waals surface area contributed by atoms with Crippen LogP contribution in [0.2, 0.25) is 0 Å². The molecule has 2 saturated heterocycles. The molecule has 2 aliphatic heterocycles. The molecule has 0 aromatic carbocycles. The molecular weight excluding hydrogens is 284 g/mol. The van der Waals surface area contributed by atoms with Crippen molar-refractivity contribution in [3.63, 3.8) is 0 Å².